The predicted octanol–water partition coefficient (Wildman–Crippen LogP) is 3.22. The van der Waals surface area contributed by atoms with E-state index in [9.17, 15) is 5.11 Å². The molecule has 2 aromatic carbocycles. The Morgan fingerprint density at radius 1 is 0.913 bits per heavy atom. The molecular formula is C20H22O3. The quantitative estimate of drug-likeness (QED) is 0.736. The molecule has 0 saturated heterocycles. The van der Waals surface area contributed by atoms with Crippen molar-refractivity contribution in [1.82, 2.24) is 0 Å². The fraction of sp³-hybridized carbons (Fsp3) is 0.200. The molecule has 2 N–H and O–H groups in total. The Morgan fingerprint density at radius 3 is 1.83 bits per heavy atom. The molecule has 0 aromatic heterocycles. The van der Waals surface area contributed by atoms with E-state index < -0.39 is 5.60 Å². The van der Waals surface area contributed by atoms with Crippen molar-refractivity contribution in [2.75, 3.05) is 19.8 Å². The molecule has 0 saturated carbocycles. The second-order valence-corrected chi connectivity index (χ2v) is 5.22. The minimum Gasteiger partial charge on any atom is -0.394 e. The van der Waals surface area contributed by atoms with Gasteiger partial charge in [0.05, 0.1) is 19.8 Å². The molecule has 0 aliphatic carbocycles. The van der Waals surface area contributed by atoms with E-state index in [1.165, 1.54) is 0 Å². The van der Waals surface area contributed by atoms with Gasteiger partial charge in [0.1, 0.15) is 5.60 Å². The van der Waals surface area contributed by atoms with Crippen LogP contribution in [-0.4, -0.2) is 30.0 Å². The van der Waals surface area contributed by atoms with Gasteiger partial charge < -0.3 is 14.9 Å². The second-order valence-electron chi connectivity index (χ2n) is 5.22. The molecule has 0 bridgehead atoms. The van der Waals surface area contributed by atoms with Crippen LogP contribution in [0.3, 0.4) is 0 Å². The number of hydrogen-bond donors (Lipinski definition) is 2. The highest BCUT2D eigenvalue weighted by Gasteiger charge is 2.35. The molecule has 3 heteroatoms. The van der Waals surface area contributed by atoms with E-state index in [0.29, 0.717) is 11.1 Å². The van der Waals surface area contributed by atoms with Gasteiger partial charge in [-0.05, 0) is 22.3 Å². The summed E-state index contributed by atoms with van der Waals surface area (Å²) >= 11 is 0. The van der Waals surface area contributed by atoms with Crippen molar-refractivity contribution in [2.24, 2.45) is 0 Å². The van der Waals surface area contributed by atoms with E-state index in [4.69, 9.17) is 9.84 Å². The first-order valence-corrected chi connectivity index (χ1v) is 7.52. The van der Waals surface area contributed by atoms with Crippen molar-refractivity contribution < 1.29 is 14.9 Å². The second kappa shape index (κ2) is 7.88. The van der Waals surface area contributed by atoms with Crippen LogP contribution in [0, 0.1) is 0 Å². The SMILES string of the molecule is C=Cc1ccccc1C(O)(COCCO)c1ccccc1C=C. The fourth-order valence-corrected chi connectivity index (χ4v) is 2.69. The highest BCUT2D eigenvalue weighted by molar-refractivity contribution is 5.60. The molecule has 23 heavy (non-hydrogen) atoms. The molecule has 2 rings (SSSR count). The molecule has 0 heterocycles. The topological polar surface area (TPSA) is 49.7 Å². The lowest BCUT2D eigenvalue weighted by molar-refractivity contribution is -0.0306. The van der Waals surface area contributed by atoms with Crippen LogP contribution in [0.1, 0.15) is 22.3 Å². The lowest BCUT2D eigenvalue weighted by Gasteiger charge is -2.32. The Morgan fingerprint density at radius 2 is 1.39 bits per heavy atom. The molecule has 0 unspecified atom stereocenters. The van der Waals surface area contributed by atoms with E-state index >= 15 is 0 Å². The first-order chi connectivity index (χ1) is 11.2. The summed E-state index contributed by atoms with van der Waals surface area (Å²) < 4.78 is 5.49. The number of aliphatic hydroxyl groups excluding tert-OH is 1. The van der Waals surface area contributed by atoms with Crippen molar-refractivity contribution in [3.05, 3.63) is 83.9 Å². The first-order valence-electron chi connectivity index (χ1n) is 7.52. The number of aliphatic hydroxyl groups is 2. The summed E-state index contributed by atoms with van der Waals surface area (Å²) in [6.45, 7) is 7.75. The molecule has 120 valence electrons. The summed E-state index contributed by atoms with van der Waals surface area (Å²) in [5.74, 6) is 0. The molecule has 0 atom stereocenters. The van der Waals surface area contributed by atoms with Gasteiger partial charge in [-0.2, -0.15) is 0 Å². The lowest BCUT2D eigenvalue weighted by atomic mass is 9.82. The van der Waals surface area contributed by atoms with Gasteiger partial charge in [0.15, 0.2) is 0 Å². The van der Waals surface area contributed by atoms with Crippen LogP contribution in [0.4, 0.5) is 0 Å². The third-order valence-electron chi connectivity index (χ3n) is 3.80. The van der Waals surface area contributed by atoms with Gasteiger partial charge in [-0.3, -0.25) is 0 Å². The number of ether oxygens (including phenoxy) is 1. The zero-order valence-electron chi connectivity index (χ0n) is 13.1. The van der Waals surface area contributed by atoms with E-state index in [1.807, 2.05) is 48.5 Å². The van der Waals surface area contributed by atoms with Crippen LogP contribution in [-0.2, 0) is 10.3 Å². The smallest absolute Gasteiger partial charge is 0.139 e. The van der Waals surface area contributed by atoms with Crippen LogP contribution in [0.2, 0.25) is 0 Å². The zero-order chi connectivity index (χ0) is 16.7. The van der Waals surface area contributed by atoms with E-state index in [2.05, 4.69) is 13.2 Å². The monoisotopic (exact) mass is 310 g/mol. The van der Waals surface area contributed by atoms with Crippen LogP contribution >= 0.6 is 0 Å². The van der Waals surface area contributed by atoms with Crippen molar-refractivity contribution >= 4 is 12.2 Å². The van der Waals surface area contributed by atoms with Gasteiger partial charge in [0.2, 0.25) is 0 Å². The van der Waals surface area contributed by atoms with Crippen LogP contribution in [0.5, 0.6) is 0 Å². The Balaban J connectivity index is 2.60. The predicted molar refractivity (Wildman–Crippen MR) is 94.0 cm³/mol. The molecule has 3 nitrogen and oxygen atoms in total. The average Bonchev–Trinajstić information content (AvgIpc) is 2.61. The zero-order valence-corrected chi connectivity index (χ0v) is 13.1. The normalized spacial score (nSPS) is 11.2. The Labute approximate surface area is 137 Å². The summed E-state index contributed by atoms with van der Waals surface area (Å²) in [6, 6.07) is 15.1. The Hall–Kier alpha value is -2.20. The molecule has 0 amide bonds. The van der Waals surface area contributed by atoms with Crippen molar-refractivity contribution in [2.45, 2.75) is 5.60 Å². The fourth-order valence-electron chi connectivity index (χ4n) is 2.69. The van der Waals surface area contributed by atoms with Crippen molar-refractivity contribution in [1.29, 1.82) is 0 Å². The maximum absolute atomic E-state index is 11.5. The summed E-state index contributed by atoms with van der Waals surface area (Å²) in [7, 11) is 0. The highest BCUT2D eigenvalue weighted by Crippen LogP contribution is 2.35. The van der Waals surface area contributed by atoms with Crippen LogP contribution in [0.25, 0.3) is 12.2 Å². The maximum atomic E-state index is 11.5. The number of rotatable bonds is 8. The Bertz CT molecular complexity index is 625. The van der Waals surface area contributed by atoms with Crippen molar-refractivity contribution in [3.63, 3.8) is 0 Å². The maximum Gasteiger partial charge on any atom is 0.139 e. The van der Waals surface area contributed by atoms with E-state index in [1.54, 1.807) is 12.2 Å². The number of benzene rings is 2. The third-order valence-corrected chi connectivity index (χ3v) is 3.80. The molecular weight excluding hydrogens is 288 g/mol. The van der Waals surface area contributed by atoms with E-state index in [0.717, 1.165) is 11.1 Å². The standard InChI is InChI=1S/C20H22O3/c1-3-16-9-5-7-11-18(16)20(22,15-23-14-13-21)19-12-8-6-10-17(19)4-2/h3-12,21-22H,1-2,13-15H2. The largest absolute Gasteiger partial charge is 0.394 e. The minimum atomic E-state index is -1.36. The lowest BCUT2D eigenvalue weighted by Crippen LogP contribution is -2.35. The summed E-state index contributed by atoms with van der Waals surface area (Å²) in [6.07, 6.45) is 3.42. The van der Waals surface area contributed by atoms with E-state index in [-0.39, 0.29) is 19.8 Å². The number of hydrogen-bond acceptors (Lipinski definition) is 3. The summed E-state index contributed by atoms with van der Waals surface area (Å²) in [5, 5.41) is 20.5. The van der Waals surface area contributed by atoms with Gasteiger partial charge in [-0.25, -0.2) is 0 Å². The van der Waals surface area contributed by atoms with Gasteiger partial charge >= 0.3 is 0 Å². The molecule has 0 fully saturated rings. The average molecular weight is 310 g/mol. The molecule has 0 spiro atoms. The summed E-state index contributed by atoms with van der Waals surface area (Å²) in [4.78, 5) is 0. The Kier molecular flexibility index (Phi) is 5.88. The first kappa shape index (κ1) is 17.2. The van der Waals surface area contributed by atoms with Crippen LogP contribution in [0.15, 0.2) is 61.7 Å². The third kappa shape index (κ3) is 3.59. The highest BCUT2D eigenvalue weighted by atomic mass is 16.5. The molecule has 0 radical (unpaired) electrons. The van der Waals surface area contributed by atoms with Gasteiger partial charge in [0, 0.05) is 0 Å². The van der Waals surface area contributed by atoms with Crippen LogP contribution < -0.4 is 0 Å². The molecule has 2 aromatic rings. The van der Waals surface area contributed by atoms with Gasteiger partial charge in [-0.1, -0.05) is 73.8 Å². The summed E-state index contributed by atoms with van der Waals surface area (Å²) in [5.41, 5.74) is 1.73. The van der Waals surface area contributed by atoms with Gasteiger partial charge in [0.25, 0.3) is 0 Å². The van der Waals surface area contributed by atoms with Gasteiger partial charge in [-0.15, -0.1) is 0 Å². The molecule has 0 aliphatic heterocycles. The molecule has 0 aliphatic rings. The minimum absolute atomic E-state index is 0.0310. The van der Waals surface area contributed by atoms with Crippen molar-refractivity contribution in [3.8, 4) is 0 Å².